The quantitative estimate of drug-likeness (QED) is 0.612. The maximum Gasteiger partial charge on any atom is 0.216 e. The molecule has 2 atom stereocenters. The molecule has 0 rings (SSSR count). The summed E-state index contributed by atoms with van der Waals surface area (Å²) in [4.78, 5) is 24.3. The molecule has 0 heterocycles. The lowest BCUT2D eigenvalue weighted by Gasteiger charge is -2.21. The van der Waals surface area contributed by atoms with E-state index in [2.05, 4.69) is 10.6 Å². The molecule has 0 saturated heterocycles. The summed E-state index contributed by atoms with van der Waals surface area (Å²) in [5.41, 5.74) is 0. The molecular weight excluding hydrogens is 228 g/mol. The smallest absolute Gasteiger partial charge is 0.216 e. The molecule has 0 aliphatic carbocycles. The third kappa shape index (κ3) is 5.74. The summed E-state index contributed by atoms with van der Waals surface area (Å²) in [6, 6.07) is -0.721. The Kier molecular flexibility index (Phi) is 8.03. The Morgan fingerprint density at radius 1 is 0.778 bits per heavy atom. The Bertz CT molecular complexity index is 247. The summed E-state index contributed by atoms with van der Waals surface area (Å²) in [7, 11) is 3.46. The number of carbonyl (C=O) groups is 2. The molecular formula is C14H28N2O2. The number of hydrogen-bond donors (Lipinski definition) is 2. The van der Waals surface area contributed by atoms with Gasteiger partial charge in [0.25, 0.3) is 0 Å². The number of rotatable bonds is 9. The fraction of sp³-hybridized carbons (Fsp3) is 0.857. The fourth-order valence-electron chi connectivity index (χ4n) is 2.00. The normalized spacial score (nSPS) is 14.9. The van der Waals surface area contributed by atoms with E-state index in [-0.39, 0.29) is 23.7 Å². The molecule has 18 heavy (non-hydrogen) atoms. The Morgan fingerprint density at radius 2 is 1.06 bits per heavy atom. The highest BCUT2D eigenvalue weighted by atomic mass is 16.2. The van der Waals surface area contributed by atoms with Crippen molar-refractivity contribution in [2.24, 2.45) is 11.8 Å². The molecule has 0 fully saturated rings. The molecule has 0 aromatic heterocycles. The number of nitrogens with one attached hydrogen (secondary N) is 2. The van der Waals surface area contributed by atoms with Crippen molar-refractivity contribution >= 4 is 11.6 Å². The first kappa shape index (κ1) is 17.3. The van der Waals surface area contributed by atoms with E-state index in [1.54, 1.807) is 14.1 Å². The minimum Gasteiger partial charge on any atom is -0.310 e. The SMILES string of the molecule is CN[C@@H](CC(C)C)C(=O)C(=O)[C@H](CC(C)C)NC. The van der Waals surface area contributed by atoms with Gasteiger partial charge in [0.05, 0.1) is 12.1 Å². The molecule has 4 nitrogen and oxygen atoms in total. The van der Waals surface area contributed by atoms with Crippen molar-refractivity contribution in [2.75, 3.05) is 14.1 Å². The van der Waals surface area contributed by atoms with Crippen LogP contribution in [0.1, 0.15) is 40.5 Å². The molecule has 106 valence electrons. The van der Waals surface area contributed by atoms with Crippen molar-refractivity contribution < 1.29 is 9.59 Å². The highest BCUT2D eigenvalue weighted by Gasteiger charge is 2.30. The fourth-order valence-corrected chi connectivity index (χ4v) is 2.00. The summed E-state index contributed by atoms with van der Waals surface area (Å²) in [6.45, 7) is 8.19. The molecule has 0 spiro atoms. The Balaban J connectivity index is 4.67. The summed E-state index contributed by atoms with van der Waals surface area (Å²) >= 11 is 0. The lowest BCUT2D eigenvalue weighted by molar-refractivity contribution is -0.139. The Morgan fingerprint density at radius 3 is 1.22 bits per heavy atom. The van der Waals surface area contributed by atoms with Crippen LogP contribution in [-0.2, 0) is 9.59 Å². The molecule has 0 aliphatic heterocycles. The molecule has 0 aromatic rings. The average Bonchev–Trinajstić information content (AvgIpc) is 2.30. The number of ketones is 2. The van der Waals surface area contributed by atoms with Crippen molar-refractivity contribution in [2.45, 2.75) is 52.6 Å². The number of likely N-dealkylation sites (N-methyl/N-ethyl adjacent to an activating group) is 2. The average molecular weight is 256 g/mol. The maximum absolute atomic E-state index is 12.1. The zero-order valence-electron chi connectivity index (χ0n) is 12.5. The molecule has 0 radical (unpaired) electrons. The van der Waals surface area contributed by atoms with Crippen LogP contribution in [0.25, 0.3) is 0 Å². The topological polar surface area (TPSA) is 58.2 Å². The van der Waals surface area contributed by atoms with Crippen molar-refractivity contribution in [3.05, 3.63) is 0 Å². The third-order valence-electron chi connectivity index (χ3n) is 2.99. The Labute approximate surface area is 111 Å². The number of carbonyl (C=O) groups excluding carboxylic acids is 2. The van der Waals surface area contributed by atoms with Crippen LogP contribution in [0.5, 0.6) is 0 Å². The molecule has 0 aliphatic rings. The second-order valence-electron chi connectivity index (χ2n) is 5.67. The monoisotopic (exact) mass is 256 g/mol. The number of hydrogen-bond acceptors (Lipinski definition) is 4. The van der Waals surface area contributed by atoms with Crippen LogP contribution in [0.4, 0.5) is 0 Å². The van der Waals surface area contributed by atoms with Crippen LogP contribution in [-0.4, -0.2) is 37.7 Å². The molecule has 0 saturated carbocycles. The van der Waals surface area contributed by atoms with Gasteiger partial charge in [-0.1, -0.05) is 27.7 Å². The van der Waals surface area contributed by atoms with Gasteiger partial charge in [0.1, 0.15) is 0 Å². The van der Waals surface area contributed by atoms with Crippen LogP contribution < -0.4 is 10.6 Å². The first-order valence-electron chi connectivity index (χ1n) is 6.76. The number of Topliss-reactive ketones (excluding diaryl/α,β-unsaturated/α-hetero) is 2. The minimum atomic E-state index is -0.361. The van der Waals surface area contributed by atoms with Gasteiger partial charge in [-0.15, -0.1) is 0 Å². The predicted octanol–water partition coefficient (Wildman–Crippen LogP) is 1.39. The second-order valence-corrected chi connectivity index (χ2v) is 5.67. The van der Waals surface area contributed by atoms with Crippen LogP contribution >= 0.6 is 0 Å². The van der Waals surface area contributed by atoms with Gasteiger partial charge in [0.2, 0.25) is 11.6 Å². The standard InChI is InChI=1S/C14H28N2O2/c1-9(2)7-11(15-5)13(17)14(18)12(16-6)8-10(3)4/h9-12,15-16H,7-8H2,1-6H3/t11-,12-/m0/s1. The highest BCUT2D eigenvalue weighted by molar-refractivity contribution is 6.41. The first-order chi connectivity index (χ1) is 8.33. The third-order valence-corrected chi connectivity index (χ3v) is 2.99. The highest BCUT2D eigenvalue weighted by Crippen LogP contribution is 2.10. The van der Waals surface area contributed by atoms with Gasteiger partial charge in [0, 0.05) is 0 Å². The van der Waals surface area contributed by atoms with Crippen molar-refractivity contribution in [1.82, 2.24) is 10.6 Å². The van der Waals surface area contributed by atoms with Crippen molar-refractivity contribution in [1.29, 1.82) is 0 Å². The van der Waals surface area contributed by atoms with Gasteiger partial charge in [0.15, 0.2) is 0 Å². The summed E-state index contributed by atoms with van der Waals surface area (Å²) in [6.07, 6.45) is 1.39. The van der Waals surface area contributed by atoms with E-state index in [1.165, 1.54) is 0 Å². The molecule has 2 N–H and O–H groups in total. The van der Waals surface area contributed by atoms with E-state index >= 15 is 0 Å². The van der Waals surface area contributed by atoms with Crippen molar-refractivity contribution in [3.63, 3.8) is 0 Å². The van der Waals surface area contributed by atoms with Gasteiger partial charge < -0.3 is 10.6 Å². The van der Waals surface area contributed by atoms with Crippen LogP contribution in [0.2, 0.25) is 0 Å². The summed E-state index contributed by atoms with van der Waals surface area (Å²) in [5.74, 6) is 0.173. The van der Waals surface area contributed by atoms with Crippen LogP contribution in [0.3, 0.4) is 0 Å². The zero-order valence-corrected chi connectivity index (χ0v) is 12.5. The largest absolute Gasteiger partial charge is 0.310 e. The van der Waals surface area contributed by atoms with Crippen LogP contribution in [0, 0.1) is 11.8 Å². The lowest BCUT2D eigenvalue weighted by Crippen LogP contribution is -2.47. The van der Waals surface area contributed by atoms with E-state index in [4.69, 9.17) is 0 Å². The van der Waals surface area contributed by atoms with E-state index in [1.807, 2.05) is 27.7 Å². The predicted molar refractivity (Wildman–Crippen MR) is 74.6 cm³/mol. The molecule has 4 heteroatoms. The molecule has 0 bridgehead atoms. The Hall–Kier alpha value is -0.740. The van der Waals surface area contributed by atoms with Gasteiger partial charge in [-0.05, 0) is 38.8 Å². The maximum atomic E-state index is 12.1. The van der Waals surface area contributed by atoms with E-state index in [0.717, 1.165) is 0 Å². The minimum absolute atomic E-state index is 0.300. The van der Waals surface area contributed by atoms with Crippen molar-refractivity contribution in [3.8, 4) is 0 Å². The molecule has 0 unspecified atom stereocenters. The first-order valence-corrected chi connectivity index (χ1v) is 6.76. The van der Waals surface area contributed by atoms with Gasteiger partial charge >= 0.3 is 0 Å². The summed E-state index contributed by atoms with van der Waals surface area (Å²) in [5, 5.41) is 5.90. The van der Waals surface area contributed by atoms with E-state index in [0.29, 0.717) is 24.7 Å². The van der Waals surface area contributed by atoms with Gasteiger partial charge in [-0.2, -0.15) is 0 Å². The van der Waals surface area contributed by atoms with Crippen LogP contribution in [0.15, 0.2) is 0 Å². The van der Waals surface area contributed by atoms with E-state index < -0.39 is 0 Å². The second kappa shape index (κ2) is 8.38. The molecule has 0 amide bonds. The van der Waals surface area contributed by atoms with E-state index in [9.17, 15) is 9.59 Å². The lowest BCUT2D eigenvalue weighted by atomic mass is 9.92. The van der Waals surface area contributed by atoms with Gasteiger partial charge in [-0.3, -0.25) is 9.59 Å². The zero-order chi connectivity index (χ0) is 14.3. The molecule has 0 aromatic carbocycles. The summed E-state index contributed by atoms with van der Waals surface area (Å²) < 4.78 is 0. The van der Waals surface area contributed by atoms with Gasteiger partial charge in [-0.25, -0.2) is 0 Å².